The third-order valence-corrected chi connectivity index (χ3v) is 5.96. The molecule has 0 atom stereocenters. The van der Waals surface area contributed by atoms with Crippen molar-refractivity contribution in [3.05, 3.63) is 59.9 Å². The van der Waals surface area contributed by atoms with Crippen LogP contribution in [0.15, 0.2) is 63.3 Å². The van der Waals surface area contributed by atoms with Gasteiger partial charge in [0.05, 0.1) is 4.90 Å². The molecule has 0 aliphatic heterocycles. The van der Waals surface area contributed by atoms with Gasteiger partial charge < -0.3 is 10.6 Å². The van der Waals surface area contributed by atoms with Gasteiger partial charge in [-0.1, -0.05) is 12.1 Å². The smallest absolute Gasteiger partial charge is 0.191 e. The monoisotopic (exact) mass is 537 g/mol. The quantitative estimate of drug-likeness (QED) is 0.177. The standard InChI is InChI=1S/C19H24FN3O2S2.HI/c1-21-19(22-12-3-13-26-17-8-6-16(20)7-9-17)23-14-15-4-10-18(11-5-15)27(2,24)25;/h4-11H,3,12-14H2,1-2H3,(H2,21,22,23);1H. The van der Waals surface area contributed by atoms with Gasteiger partial charge in [0.1, 0.15) is 5.82 Å². The molecule has 0 radical (unpaired) electrons. The lowest BCUT2D eigenvalue weighted by atomic mass is 10.2. The van der Waals surface area contributed by atoms with Crippen molar-refractivity contribution in [2.24, 2.45) is 4.99 Å². The summed E-state index contributed by atoms with van der Waals surface area (Å²) >= 11 is 1.69. The molecule has 5 nitrogen and oxygen atoms in total. The van der Waals surface area contributed by atoms with Gasteiger partial charge >= 0.3 is 0 Å². The lowest BCUT2D eigenvalue weighted by molar-refractivity contribution is 0.602. The van der Waals surface area contributed by atoms with E-state index in [9.17, 15) is 12.8 Å². The van der Waals surface area contributed by atoms with E-state index in [1.807, 2.05) is 0 Å². The number of guanidine groups is 1. The third kappa shape index (κ3) is 8.78. The predicted molar refractivity (Wildman–Crippen MR) is 125 cm³/mol. The van der Waals surface area contributed by atoms with Crippen LogP contribution in [0.5, 0.6) is 0 Å². The highest BCUT2D eigenvalue weighted by Crippen LogP contribution is 2.18. The molecule has 0 amide bonds. The van der Waals surface area contributed by atoms with Gasteiger partial charge in [-0.2, -0.15) is 0 Å². The minimum atomic E-state index is -3.17. The zero-order valence-corrected chi connectivity index (χ0v) is 19.8. The topological polar surface area (TPSA) is 70.6 Å². The molecule has 28 heavy (non-hydrogen) atoms. The first-order valence-corrected chi connectivity index (χ1v) is 11.4. The molecule has 0 aliphatic rings. The van der Waals surface area contributed by atoms with Crippen LogP contribution in [0.25, 0.3) is 0 Å². The van der Waals surface area contributed by atoms with Crippen LogP contribution < -0.4 is 10.6 Å². The maximum Gasteiger partial charge on any atom is 0.191 e. The fourth-order valence-corrected chi connectivity index (χ4v) is 3.74. The Balaban J connectivity index is 0.00000392. The molecule has 0 fully saturated rings. The average Bonchev–Trinajstić information content (AvgIpc) is 2.65. The number of nitrogens with zero attached hydrogens (tertiary/aromatic N) is 1. The van der Waals surface area contributed by atoms with Gasteiger partial charge in [-0.25, -0.2) is 12.8 Å². The lowest BCUT2D eigenvalue weighted by Gasteiger charge is -2.12. The molecule has 0 bridgehead atoms. The molecule has 154 valence electrons. The Hall–Kier alpha value is -1.33. The maximum absolute atomic E-state index is 12.9. The number of hydrogen-bond donors (Lipinski definition) is 2. The first kappa shape index (κ1) is 24.7. The van der Waals surface area contributed by atoms with Gasteiger partial charge in [-0.3, -0.25) is 4.99 Å². The van der Waals surface area contributed by atoms with Crippen LogP contribution in [0.1, 0.15) is 12.0 Å². The maximum atomic E-state index is 12.9. The normalized spacial score (nSPS) is 11.6. The SMILES string of the molecule is CN=C(NCCCSc1ccc(F)cc1)NCc1ccc(S(C)(=O)=O)cc1.I. The van der Waals surface area contributed by atoms with E-state index in [0.29, 0.717) is 17.4 Å². The van der Waals surface area contributed by atoms with Crippen LogP contribution >= 0.6 is 35.7 Å². The van der Waals surface area contributed by atoms with E-state index in [2.05, 4.69) is 15.6 Å². The van der Waals surface area contributed by atoms with Crippen molar-refractivity contribution in [1.82, 2.24) is 10.6 Å². The van der Waals surface area contributed by atoms with Gasteiger partial charge in [0.25, 0.3) is 0 Å². The minimum Gasteiger partial charge on any atom is -0.356 e. The second kappa shape index (κ2) is 12.3. The van der Waals surface area contributed by atoms with E-state index in [1.54, 1.807) is 55.2 Å². The number of rotatable bonds is 8. The van der Waals surface area contributed by atoms with Crippen LogP contribution in [0.4, 0.5) is 4.39 Å². The Morgan fingerprint density at radius 1 is 1.07 bits per heavy atom. The molecule has 0 heterocycles. The molecular formula is C19H25FIN3O2S2. The molecule has 2 aromatic rings. The number of sulfone groups is 1. The summed E-state index contributed by atoms with van der Waals surface area (Å²) in [7, 11) is -1.47. The van der Waals surface area contributed by atoms with Crippen molar-refractivity contribution in [1.29, 1.82) is 0 Å². The van der Waals surface area contributed by atoms with E-state index < -0.39 is 9.84 Å². The molecule has 2 rings (SSSR count). The molecule has 0 aliphatic carbocycles. The third-order valence-electron chi connectivity index (χ3n) is 3.73. The van der Waals surface area contributed by atoms with E-state index in [-0.39, 0.29) is 29.8 Å². The molecule has 0 unspecified atom stereocenters. The summed E-state index contributed by atoms with van der Waals surface area (Å²) in [6, 6.07) is 13.3. The van der Waals surface area contributed by atoms with Crippen LogP contribution in [-0.4, -0.2) is 40.0 Å². The highest BCUT2D eigenvalue weighted by molar-refractivity contribution is 14.0. The molecule has 0 spiro atoms. The lowest BCUT2D eigenvalue weighted by Crippen LogP contribution is -2.37. The van der Waals surface area contributed by atoms with Gasteiger partial charge in [-0.05, 0) is 54.1 Å². The molecule has 0 saturated heterocycles. The molecule has 2 N–H and O–H groups in total. The van der Waals surface area contributed by atoms with Crippen molar-refractivity contribution < 1.29 is 12.8 Å². The number of aliphatic imine (C=N–C) groups is 1. The molecule has 2 aromatic carbocycles. The highest BCUT2D eigenvalue weighted by Gasteiger charge is 2.06. The van der Waals surface area contributed by atoms with Crippen molar-refractivity contribution >= 4 is 51.5 Å². The summed E-state index contributed by atoms with van der Waals surface area (Å²) in [5.41, 5.74) is 0.970. The summed E-state index contributed by atoms with van der Waals surface area (Å²) < 4.78 is 35.8. The van der Waals surface area contributed by atoms with E-state index in [4.69, 9.17) is 0 Å². The highest BCUT2D eigenvalue weighted by atomic mass is 127. The number of nitrogens with one attached hydrogen (secondary N) is 2. The van der Waals surface area contributed by atoms with Crippen LogP contribution in [0.3, 0.4) is 0 Å². The van der Waals surface area contributed by atoms with Gasteiger partial charge in [0, 0.05) is 31.3 Å². The summed E-state index contributed by atoms with van der Waals surface area (Å²) in [6.45, 7) is 1.31. The van der Waals surface area contributed by atoms with Gasteiger partial charge in [0.2, 0.25) is 0 Å². The van der Waals surface area contributed by atoms with E-state index in [0.717, 1.165) is 29.2 Å². The van der Waals surface area contributed by atoms with Gasteiger partial charge in [-0.15, -0.1) is 35.7 Å². The zero-order valence-electron chi connectivity index (χ0n) is 15.8. The Bertz CT molecular complexity index is 858. The fraction of sp³-hybridized carbons (Fsp3) is 0.316. The Labute approximate surface area is 187 Å². The van der Waals surface area contributed by atoms with Crippen molar-refractivity contribution in [2.75, 3.05) is 25.6 Å². The Morgan fingerprint density at radius 3 is 2.29 bits per heavy atom. The minimum absolute atomic E-state index is 0. The van der Waals surface area contributed by atoms with Crippen molar-refractivity contribution in [2.45, 2.75) is 22.8 Å². The molecule has 0 aromatic heterocycles. The first-order chi connectivity index (χ1) is 12.9. The largest absolute Gasteiger partial charge is 0.356 e. The van der Waals surface area contributed by atoms with Crippen LogP contribution in [-0.2, 0) is 16.4 Å². The van der Waals surface area contributed by atoms with Gasteiger partial charge in [0.15, 0.2) is 15.8 Å². The number of halogens is 2. The zero-order chi connectivity index (χ0) is 19.7. The Morgan fingerprint density at radius 2 is 1.71 bits per heavy atom. The second-order valence-corrected chi connectivity index (χ2v) is 9.11. The summed E-state index contributed by atoms with van der Waals surface area (Å²) in [5, 5.41) is 6.44. The second-order valence-electron chi connectivity index (χ2n) is 5.92. The van der Waals surface area contributed by atoms with Crippen LogP contribution in [0, 0.1) is 5.82 Å². The van der Waals surface area contributed by atoms with E-state index in [1.165, 1.54) is 18.4 Å². The summed E-state index contributed by atoms with van der Waals surface area (Å²) in [5.74, 6) is 1.39. The fourth-order valence-electron chi connectivity index (χ4n) is 2.26. The van der Waals surface area contributed by atoms with Crippen LogP contribution in [0.2, 0.25) is 0 Å². The molecule has 9 heteroatoms. The number of hydrogen-bond acceptors (Lipinski definition) is 4. The van der Waals surface area contributed by atoms with Crippen molar-refractivity contribution in [3.63, 3.8) is 0 Å². The molecular weight excluding hydrogens is 512 g/mol. The summed E-state index contributed by atoms with van der Waals surface area (Å²) in [6.07, 6.45) is 2.13. The van der Waals surface area contributed by atoms with Crippen molar-refractivity contribution in [3.8, 4) is 0 Å². The summed E-state index contributed by atoms with van der Waals surface area (Å²) in [4.78, 5) is 5.54. The first-order valence-electron chi connectivity index (χ1n) is 8.50. The molecule has 0 saturated carbocycles. The predicted octanol–water partition coefficient (Wildman–Crippen LogP) is 3.69. The number of benzene rings is 2. The average molecular weight is 537 g/mol. The Kier molecular flexibility index (Phi) is 10.8. The van der Waals surface area contributed by atoms with E-state index >= 15 is 0 Å². The number of thioether (sulfide) groups is 1.